The molecule has 8 heteroatoms. The van der Waals surface area contributed by atoms with Gasteiger partial charge in [0.2, 0.25) is 5.91 Å². The van der Waals surface area contributed by atoms with E-state index >= 15 is 0 Å². The van der Waals surface area contributed by atoms with Crippen LogP contribution in [-0.2, 0) is 17.6 Å². The summed E-state index contributed by atoms with van der Waals surface area (Å²) >= 11 is 3.17. The number of carbonyl (C=O) groups excluding carboxylic acids is 1. The van der Waals surface area contributed by atoms with Gasteiger partial charge in [-0.2, -0.15) is 0 Å². The van der Waals surface area contributed by atoms with Crippen molar-refractivity contribution in [3.8, 4) is 0 Å². The van der Waals surface area contributed by atoms with Gasteiger partial charge >= 0.3 is 0 Å². The van der Waals surface area contributed by atoms with E-state index < -0.39 is 0 Å². The van der Waals surface area contributed by atoms with Crippen LogP contribution in [0.2, 0.25) is 0 Å². The Labute approximate surface area is 183 Å². The highest BCUT2D eigenvalue weighted by Gasteiger charge is 2.24. The van der Waals surface area contributed by atoms with Crippen molar-refractivity contribution in [1.29, 1.82) is 0 Å². The van der Waals surface area contributed by atoms with Crippen LogP contribution in [0.4, 0.5) is 5.69 Å². The highest BCUT2D eigenvalue weighted by Crippen LogP contribution is 2.39. The van der Waals surface area contributed by atoms with E-state index in [4.69, 9.17) is 0 Å². The summed E-state index contributed by atoms with van der Waals surface area (Å²) < 4.78 is 1.92. The summed E-state index contributed by atoms with van der Waals surface area (Å²) in [6.45, 7) is 6.31. The van der Waals surface area contributed by atoms with E-state index in [-0.39, 0.29) is 11.7 Å². The molecule has 1 aliphatic carbocycles. The first kappa shape index (κ1) is 19.5. The molecule has 0 saturated heterocycles. The number of hydrogen-bond donors (Lipinski definition) is 1. The number of amides is 1. The van der Waals surface area contributed by atoms with Gasteiger partial charge in [0.25, 0.3) is 0 Å². The zero-order chi connectivity index (χ0) is 20.8. The van der Waals surface area contributed by atoms with Crippen molar-refractivity contribution < 1.29 is 4.79 Å². The number of fused-ring (bicyclic) bond motifs is 5. The molecule has 0 fully saturated rings. The highest BCUT2D eigenvalue weighted by molar-refractivity contribution is 7.99. The average molecular weight is 438 g/mol. The van der Waals surface area contributed by atoms with Crippen LogP contribution in [-0.4, -0.2) is 31.2 Å². The Bertz CT molecular complexity index is 1260. The number of aromatic nitrogens is 4. The van der Waals surface area contributed by atoms with Gasteiger partial charge in [0.15, 0.2) is 10.8 Å². The number of thiophene rings is 1. The first-order valence-corrected chi connectivity index (χ1v) is 11.9. The molecule has 30 heavy (non-hydrogen) atoms. The molecule has 1 atom stereocenters. The Hall–Kier alpha value is -2.45. The van der Waals surface area contributed by atoms with Crippen LogP contribution in [0.15, 0.2) is 29.7 Å². The molecule has 1 amide bonds. The maximum atomic E-state index is 12.5. The third-order valence-electron chi connectivity index (χ3n) is 5.75. The van der Waals surface area contributed by atoms with Gasteiger partial charge in [-0.15, -0.1) is 21.5 Å². The predicted octanol–water partition coefficient (Wildman–Crippen LogP) is 4.81. The fourth-order valence-electron chi connectivity index (χ4n) is 4.14. The number of thioether (sulfide) groups is 1. The minimum atomic E-state index is -0.0508. The monoisotopic (exact) mass is 437 g/mol. The Morgan fingerprint density at radius 2 is 2.10 bits per heavy atom. The summed E-state index contributed by atoms with van der Waals surface area (Å²) in [5.41, 5.74) is 5.25. The van der Waals surface area contributed by atoms with E-state index in [1.165, 1.54) is 28.6 Å². The lowest BCUT2D eigenvalue weighted by Gasteiger charge is -2.17. The van der Waals surface area contributed by atoms with Gasteiger partial charge in [0.1, 0.15) is 11.2 Å². The van der Waals surface area contributed by atoms with Crippen molar-refractivity contribution in [2.75, 3.05) is 11.1 Å². The van der Waals surface area contributed by atoms with E-state index in [0.717, 1.165) is 51.4 Å². The number of rotatable bonds is 4. The van der Waals surface area contributed by atoms with Crippen molar-refractivity contribution in [1.82, 2.24) is 19.6 Å². The highest BCUT2D eigenvalue weighted by atomic mass is 32.2. The molecule has 1 N–H and O–H groups in total. The Kier molecular flexibility index (Phi) is 4.99. The van der Waals surface area contributed by atoms with Crippen molar-refractivity contribution in [3.63, 3.8) is 0 Å². The average Bonchev–Trinajstić information content (AvgIpc) is 3.29. The molecule has 154 valence electrons. The van der Waals surface area contributed by atoms with E-state index in [0.29, 0.717) is 5.16 Å². The molecule has 0 radical (unpaired) electrons. The van der Waals surface area contributed by atoms with Crippen LogP contribution >= 0.6 is 23.1 Å². The van der Waals surface area contributed by atoms with Crippen LogP contribution in [0.3, 0.4) is 0 Å². The quantitative estimate of drug-likeness (QED) is 0.464. The van der Waals surface area contributed by atoms with Crippen LogP contribution in [0.1, 0.15) is 34.9 Å². The molecule has 0 bridgehead atoms. The number of nitrogens with zero attached hydrogens (tertiary/aromatic N) is 4. The first-order valence-electron chi connectivity index (χ1n) is 10.1. The number of hydrogen-bond acceptors (Lipinski definition) is 6. The minimum Gasteiger partial charge on any atom is -0.325 e. The second-order valence-electron chi connectivity index (χ2n) is 8.06. The molecule has 6 nitrogen and oxygen atoms in total. The van der Waals surface area contributed by atoms with Crippen LogP contribution in [0.5, 0.6) is 0 Å². The molecule has 1 aliphatic rings. The topological polar surface area (TPSA) is 72.2 Å². The summed E-state index contributed by atoms with van der Waals surface area (Å²) in [6, 6.07) is 6.00. The molecule has 0 unspecified atom stereocenters. The molecule has 0 aliphatic heterocycles. The number of benzene rings is 1. The summed E-state index contributed by atoms with van der Waals surface area (Å²) in [5, 5.41) is 13.7. The molecule has 3 aromatic heterocycles. The van der Waals surface area contributed by atoms with Crippen LogP contribution < -0.4 is 5.32 Å². The van der Waals surface area contributed by atoms with Gasteiger partial charge in [-0.1, -0.05) is 36.9 Å². The molecule has 4 aromatic rings. The normalized spacial score (nSPS) is 16.2. The maximum absolute atomic E-state index is 12.5. The summed E-state index contributed by atoms with van der Waals surface area (Å²) in [4.78, 5) is 19.7. The fourth-order valence-corrected chi connectivity index (χ4v) is 6.18. The third kappa shape index (κ3) is 3.37. The van der Waals surface area contributed by atoms with Gasteiger partial charge in [0, 0.05) is 10.6 Å². The van der Waals surface area contributed by atoms with Crippen LogP contribution in [0, 0.1) is 19.8 Å². The van der Waals surface area contributed by atoms with Crippen LogP contribution in [0.25, 0.3) is 15.9 Å². The molecule has 3 heterocycles. The fraction of sp³-hybridized carbons (Fsp3) is 0.364. The molecule has 0 spiro atoms. The van der Waals surface area contributed by atoms with Gasteiger partial charge < -0.3 is 5.32 Å². The lowest BCUT2D eigenvalue weighted by Crippen LogP contribution is -2.16. The van der Waals surface area contributed by atoms with E-state index in [1.54, 1.807) is 17.7 Å². The summed E-state index contributed by atoms with van der Waals surface area (Å²) in [7, 11) is 0. The Balaban J connectivity index is 1.39. The lowest BCUT2D eigenvalue weighted by atomic mass is 9.89. The van der Waals surface area contributed by atoms with Crippen molar-refractivity contribution in [3.05, 3.63) is 46.1 Å². The minimum absolute atomic E-state index is 0.0508. The van der Waals surface area contributed by atoms with Gasteiger partial charge in [0.05, 0.1) is 11.1 Å². The second-order valence-corrected chi connectivity index (χ2v) is 10.1. The molecular weight excluding hydrogens is 414 g/mol. The zero-order valence-corrected chi connectivity index (χ0v) is 18.9. The van der Waals surface area contributed by atoms with E-state index in [9.17, 15) is 4.79 Å². The number of para-hydroxylation sites is 1. The van der Waals surface area contributed by atoms with Gasteiger partial charge in [-0.25, -0.2) is 4.98 Å². The smallest absolute Gasteiger partial charge is 0.234 e. The Morgan fingerprint density at radius 1 is 1.30 bits per heavy atom. The molecular formula is C22H23N5OS2. The summed E-state index contributed by atoms with van der Waals surface area (Å²) in [5.74, 6) is 0.942. The third-order valence-corrected chi connectivity index (χ3v) is 7.86. The van der Waals surface area contributed by atoms with Gasteiger partial charge in [-0.3, -0.25) is 9.20 Å². The predicted molar refractivity (Wildman–Crippen MR) is 123 cm³/mol. The van der Waals surface area contributed by atoms with E-state index in [1.807, 2.05) is 36.4 Å². The largest absolute Gasteiger partial charge is 0.325 e. The molecule has 0 saturated carbocycles. The zero-order valence-electron chi connectivity index (χ0n) is 17.2. The van der Waals surface area contributed by atoms with Gasteiger partial charge in [-0.05, 0) is 55.7 Å². The summed E-state index contributed by atoms with van der Waals surface area (Å²) in [6.07, 6.45) is 5.19. The number of aryl methyl sites for hydroxylation is 3. The van der Waals surface area contributed by atoms with Crippen molar-refractivity contribution >= 4 is 50.6 Å². The number of carbonyl (C=O) groups is 1. The second kappa shape index (κ2) is 7.67. The molecule has 5 rings (SSSR count). The lowest BCUT2D eigenvalue weighted by molar-refractivity contribution is -0.113. The Morgan fingerprint density at radius 3 is 2.90 bits per heavy atom. The SMILES string of the molecule is Cc1cccc(C)c1NC(=O)CSc1nnc2c3c4c(sc3ncn12)C[C@@H](C)CC4. The molecule has 1 aromatic carbocycles. The van der Waals surface area contributed by atoms with Crippen molar-refractivity contribution in [2.45, 2.75) is 45.2 Å². The van der Waals surface area contributed by atoms with E-state index in [2.05, 4.69) is 27.4 Å². The first-order chi connectivity index (χ1) is 14.5. The maximum Gasteiger partial charge on any atom is 0.234 e. The standard InChI is InChI=1S/C22H23N5OS2/c1-12-7-8-15-16(9-12)30-21-18(15)20-25-26-22(27(20)11-23-21)29-10-17(28)24-19-13(2)5-4-6-14(19)3/h4-6,11-12H,7-10H2,1-3H3,(H,24,28)/t12-/m0/s1. The van der Waals surface area contributed by atoms with Crippen molar-refractivity contribution in [2.24, 2.45) is 5.92 Å². The number of nitrogens with one attached hydrogen (secondary N) is 1. The number of anilines is 1.